The maximum absolute atomic E-state index is 12.0. The number of nitrogens with zero attached hydrogens (tertiary/aromatic N) is 4. The third kappa shape index (κ3) is 4.13. The summed E-state index contributed by atoms with van der Waals surface area (Å²) in [5.41, 5.74) is 2.77. The number of pyridine rings is 2. The summed E-state index contributed by atoms with van der Waals surface area (Å²) >= 11 is 0. The second-order valence-electron chi connectivity index (χ2n) is 7.76. The summed E-state index contributed by atoms with van der Waals surface area (Å²) < 4.78 is 7.68. The summed E-state index contributed by atoms with van der Waals surface area (Å²) in [5, 5.41) is 8.28. The van der Waals surface area contributed by atoms with Gasteiger partial charge in [-0.2, -0.15) is 5.10 Å². The van der Waals surface area contributed by atoms with Gasteiger partial charge in [0.05, 0.1) is 35.9 Å². The molecule has 0 aromatic carbocycles. The number of nitrogens with one attached hydrogen (secondary N) is 1. The molecule has 0 aliphatic heterocycles. The normalized spacial score (nSPS) is 13.9. The molecule has 4 rings (SSSR count). The van der Waals surface area contributed by atoms with Crippen LogP contribution in [-0.4, -0.2) is 32.3 Å². The van der Waals surface area contributed by atoms with E-state index in [1.807, 2.05) is 43.8 Å². The molecule has 1 fully saturated rings. The number of ether oxygens (including phenoxy) is 1. The first-order valence-corrected chi connectivity index (χ1v) is 9.71. The van der Waals surface area contributed by atoms with Gasteiger partial charge < -0.3 is 10.1 Å². The van der Waals surface area contributed by atoms with Gasteiger partial charge in [-0.05, 0) is 43.4 Å². The fraction of sp³-hybridized carbons (Fsp3) is 0.429. The lowest BCUT2D eigenvalue weighted by atomic mass is 10.2. The number of aromatic nitrogens is 4. The molecule has 3 heterocycles. The number of carbonyl (C=O) groups is 1. The van der Waals surface area contributed by atoms with Crippen LogP contribution in [0.3, 0.4) is 0 Å². The van der Waals surface area contributed by atoms with Crippen molar-refractivity contribution in [2.75, 3.05) is 11.9 Å². The van der Waals surface area contributed by atoms with Crippen LogP contribution >= 0.6 is 0 Å². The second-order valence-corrected chi connectivity index (χ2v) is 7.76. The van der Waals surface area contributed by atoms with Crippen molar-refractivity contribution in [2.45, 2.75) is 40.2 Å². The number of hydrogen-bond donors (Lipinski definition) is 1. The van der Waals surface area contributed by atoms with Crippen molar-refractivity contribution in [3.8, 4) is 5.75 Å². The highest BCUT2D eigenvalue weighted by Gasteiger charge is 2.22. The summed E-state index contributed by atoms with van der Waals surface area (Å²) in [4.78, 5) is 20.8. The summed E-state index contributed by atoms with van der Waals surface area (Å²) in [6.45, 7) is 7.06. The van der Waals surface area contributed by atoms with E-state index in [-0.39, 0.29) is 11.8 Å². The number of anilines is 1. The second kappa shape index (κ2) is 7.58. The topological polar surface area (TPSA) is 81.9 Å². The van der Waals surface area contributed by atoms with Crippen molar-refractivity contribution in [3.63, 3.8) is 0 Å². The third-order valence-corrected chi connectivity index (χ3v) is 4.86. The largest absolute Gasteiger partial charge is 0.491 e. The Morgan fingerprint density at radius 2 is 2.18 bits per heavy atom. The van der Waals surface area contributed by atoms with Crippen LogP contribution in [0.2, 0.25) is 0 Å². The zero-order chi connectivity index (χ0) is 19.7. The molecule has 0 bridgehead atoms. The first-order chi connectivity index (χ1) is 13.5. The molecule has 7 heteroatoms. The first kappa shape index (κ1) is 18.4. The highest BCUT2D eigenvalue weighted by molar-refractivity contribution is 5.99. The third-order valence-electron chi connectivity index (χ3n) is 4.86. The van der Waals surface area contributed by atoms with Crippen LogP contribution in [0, 0.1) is 18.8 Å². The maximum Gasteiger partial charge on any atom is 0.228 e. The van der Waals surface area contributed by atoms with Gasteiger partial charge in [0.15, 0.2) is 0 Å². The van der Waals surface area contributed by atoms with E-state index >= 15 is 0 Å². The monoisotopic (exact) mass is 379 g/mol. The Hall–Kier alpha value is -2.96. The molecule has 146 valence electrons. The predicted octanol–water partition coefficient (Wildman–Crippen LogP) is 3.57. The van der Waals surface area contributed by atoms with E-state index in [0.29, 0.717) is 12.4 Å². The van der Waals surface area contributed by atoms with Gasteiger partial charge in [-0.3, -0.25) is 14.5 Å². The minimum atomic E-state index is -0.111. The van der Waals surface area contributed by atoms with Crippen LogP contribution in [0.25, 0.3) is 10.9 Å². The van der Waals surface area contributed by atoms with Crippen molar-refractivity contribution in [2.24, 2.45) is 11.8 Å². The average molecular weight is 379 g/mol. The SMILES string of the molecule is Cc1cc(Cn2cc3c(NC(=O)C(C)C)nccc3n2)ncc1OCC1CC1. The molecule has 0 atom stereocenters. The smallest absolute Gasteiger partial charge is 0.228 e. The van der Waals surface area contributed by atoms with Crippen molar-refractivity contribution in [3.05, 3.63) is 42.0 Å². The minimum absolute atomic E-state index is 0.0631. The highest BCUT2D eigenvalue weighted by atomic mass is 16.5. The van der Waals surface area contributed by atoms with E-state index in [1.54, 1.807) is 12.4 Å². The van der Waals surface area contributed by atoms with Crippen LogP contribution in [0.5, 0.6) is 5.75 Å². The molecule has 3 aromatic rings. The average Bonchev–Trinajstić information content (AvgIpc) is 3.39. The number of aryl methyl sites for hydroxylation is 1. The molecule has 0 spiro atoms. The van der Waals surface area contributed by atoms with Gasteiger partial charge in [0.2, 0.25) is 5.91 Å². The van der Waals surface area contributed by atoms with Crippen LogP contribution in [-0.2, 0) is 11.3 Å². The lowest BCUT2D eigenvalue weighted by molar-refractivity contribution is -0.118. The number of fused-ring (bicyclic) bond motifs is 1. The number of rotatable bonds is 7. The number of carbonyl (C=O) groups excluding carboxylic acids is 1. The van der Waals surface area contributed by atoms with E-state index in [0.717, 1.165) is 40.4 Å². The summed E-state index contributed by atoms with van der Waals surface area (Å²) in [6, 6.07) is 3.87. The Morgan fingerprint density at radius 3 is 2.89 bits per heavy atom. The zero-order valence-corrected chi connectivity index (χ0v) is 16.5. The van der Waals surface area contributed by atoms with Crippen LogP contribution in [0.4, 0.5) is 5.82 Å². The molecular weight excluding hydrogens is 354 g/mol. The quantitative estimate of drug-likeness (QED) is 0.679. The van der Waals surface area contributed by atoms with Crippen molar-refractivity contribution in [1.82, 2.24) is 19.7 Å². The summed E-state index contributed by atoms with van der Waals surface area (Å²) in [6.07, 6.45) is 7.89. The van der Waals surface area contributed by atoms with Crippen molar-refractivity contribution < 1.29 is 9.53 Å². The number of amides is 1. The molecule has 0 saturated heterocycles. The Balaban J connectivity index is 1.51. The molecule has 0 radical (unpaired) electrons. The molecular formula is C21H25N5O2. The molecule has 1 amide bonds. The summed E-state index contributed by atoms with van der Waals surface area (Å²) in [7, 11) is 0. The van der Waals surface area contributed by atoms with E-state index < -0.39 is 0 Å². The molecule has 1 N–H and O–H groups in total. The molecule has 1 aliphatic carbocycles. The molecule has 1 aliphatic rings. The van der Waals surface area contributed by atoms with E-state index in [1.165, 1.54) is 12.8 Å². The minimum Gasteiger partial charge on any atom is -0.491 e. The van der Waals surface area contributed by atoms with E-state index in [2.05, 4.69) is 20.4 Å². The molecule has 7 nitrogen and oxygen atoms in total. The number of hydrogen-bond acceptors (Lipinski definition) is 5. The van der Waals surface area contributed by atoms with Gasteiger partial charge in [0, 0.05) is 18.3 Å². The van der Waals surface area contributed by atoms with Gasteiger partial charge in [-0.1, -0.05) is 13.8 Å². The Bertz CT molecular complexity index is 1010. The first-order valence-electron chi connectivity index (χ1n) is 9.71. The summed E-state index contributed by atoms with van der Waals surface area (Å²) in [5.74, 6) is 1.93. The van der Waals surface area contributed by atoms with Gasteiger partial charge in [-0.25, -0.2) is 4.98 Å². The Kier molecular flexibility index (Phi) is 4.98. The molecule has 1 saturated carbocycles. The van der Waals surface area contributed by atoms with Gasteiger partial charge in [-0.15, -0.1) is 0 Å². The van der Waals surface area contributed by atoms with Crippen molar-refractivity contribution >= 4 is 22.6 Å². The molecule has 0 unspecified atom stereocenters. The van der Waals surface area contributed by atoms with Crippen LogP contribution in [0.15, 0.2) is 30.7 Å². The fourth-order valence-corrected chi connectivity index (χ4v) is 2.93. The van der Waals surface area contributed by atoms with Gasteiger partial charge in [0.25, 0.3) is 0 Å². The molecule has 3 aromatic heterocycles. The molecule has 28 heavy (non-hydrogen) atoms. The standard InChI is InChI=1S/C21H25N5O2/c1-13(2)21(27)24-20-17-11-26(25-18(17)6-7-22-20)10-16-8-14(3)19(9-23-16)28-12-15-4-5-15/h6-9,11,13,15H,4-5,10,12H2,1-3H3,(H,22,24,27). The van der Waals surface area contributed by atoms with Crippen LogP contribution in [0.1, 0.15) is 37.9 Å². The van der Waals surface area contributed by atoms with Gasteiger partial charge in [0.1, 0.15) is 11.6 Å². The van der Waals surface area contributed by atoms with Crippen molar-refractivity contribution in [1.29, 1.82) is 0 Å². The zero-order valence-electron chi connectivity index (χ0n) is 16.5. The Labute approximate surface area is 164 Å². The van der Waals surface area contributed by atoms with E-state index in [9.17, 15) is 4.79 Å². The Morgan fingerprint density at radius 1 is 1.36 bits per heavy atom. The fourth-order valence-electron chi connectivity index (χ4n) is 2.93. The lowest BCUT2D eigenvalue weighted by Crippen LogP contribution is -2.18. The predicted molar refractivity (Wildman–Crippen MR) is 107 cm³/mol. The maximum atomic E-state index is 12.0. The lowest BCUT2D eigenvalue weighted by Gasteiger charge is -2.09. The highest BCUT2D eigenvalue weighted by Crippen LogP contribution is 2.30. The van der Waals surface area contributed by atoms with E-state index in [4.69, 9.17) is 4.74 Å². The van der Waals surface area contributed by atoms with Crippen LogP contribution < -0.4 is 10.1 Å². The van der Waals surface area contributed by atoms with Gasteiger partial charge >= 0.3 is 0 Å².